The molecule has 40 heavy (non-hydrogen) atoms. The van der Waals surface area contributed by atoms with Crippen LogP contribution in [0.3, 0.4) is 0 Å². The normalized spacial score (nSPS) is 14.1. The average Bonchev–Trinajstić information content (AvgIpc) is 3.77. The zero-order valence-electron chi connectivity index (χ0n) is 23.3. The highest BCUT2D eigenvalue weighted by Crippen LogP contribution is 2.23. The van der Waals surface area contributed by atoms with E-state index >= 15 is 0 Å². The summed E-state index contributed by atoms with van der Waals surface area (Å²) in [6, 6.07) is 25.5. The molecule has 0 radical (unpaired) electrons. The van der Waals surface area contributed by atoms with Gasteiger partial charge in [0.2, 0.25) is 21.8 Å². The lowest BCUT2D eigenvalue weighted by Gasteiger charge is -2.32. The summed E-state index contributed by atoms with van der Waals surface area (Å²) in [6.45, 7) is 4.93. The van der Waals surface area contributed by atoms with Crippen molar-refractivity contribution in [3.8, 4) is 0 Å². The second kappa shape index (κ2) is 13.7. The summed E-state index contributed by atoms with van der Waals surface area (Å²) in [6.07, 6.45) is 2.79. The number of amides is 2. The Labute approximate surface area is 238 Å². The molecule has 0 bridgehead atoms. The lowest BCUT2D eigenvalue weighted by Crippen LogP contribution is -2.51. The van der Waals surface area contributed by atoms with Crippen molar-refractivity contribution >= 4 is 21.8 Å². The molecule has 0 aliphatic heterocycles. The van der Waals surface area contributed by atoms with Gasteiger partial charge in [-0.25, -0.2) is 13.1 Å². The maximum Gasteiger partial charge on any atom is 0.243 e. The fourth-order valence-electron chi connectivity index (χ4n) is 4.48. The molecule has 1 atom stereocenters. The van der Waals surface area contributed by atoms with Crippen LogP contribution in [0.2, 0.25) is 0 Å². The Kier molecular flexibility index (Phi) is 10.1. The highest BCUT2D eigenvalue weighted by molar-refractivity contribution is 7.89. The molecule has 212 valence electrons. The number of carbonyl (C=O) groups excluding carboxylic acids is 2. The zero-order valence-corrected chi connectivity index (χ0v) is 24.1. The van der Waals surface area contributed by atoms with E-state index in [1.54, 1.807) is 29.2 Å². The van der Waals surface area contributed by atoms with Crippen molar-refractivity contribution in [2.75, 3.05) is 6.54 Å². The quantitative estimate of drug-likeness (QED) is 0.304. The van der Waals surface area contributed by atoms with Gasteiger partial charge < -0.3 is 10.2 Å². The van der Waals surface area contributed by atoms with Crippen LogP contribution in [0, 0.1) is 5.92 Å². The van der Waals surface area contributed by atoms with Gasteiger partial charge in [-0.2, -0.15) is 0 Å². The maximum atomic E-state index is 13.8. The summed E-state index contributed by atoms with van der Waals surface area (Å²) in [5.74, 6) is -0.0120. The van der Waals surface area contributed by atoms with Crippen molar-refractivity contribution in [3.63, 3.8) is 0 Å². The van der Waals surface area contributed by atoms with E-state index < -0.39 is 16.1 Å². The predicted molar refractivity (Wildman–Crippen MR) is 157 cm³/mol. The van der Waals surface area contributed by atoms with Crippen molar-refractivity contribution in [2.45, 2.75) is 69.5 Å². The van der Waals surface area contributed by atoms with Gasteiger partial charge in [0.25, 0.3) is 0 Å². The van der Waals surface area contributed by atoms with E-state index in [9.17, 15) is 18.0 Å². The third-order valence-electron chi connectivity index (χ3n) is 6.91. The van der Waals surface area contributed by atoms with E-state index in [1.165, 1.54) is 0 Å². The molecule has 1 fully saturated rings. The molecule has 1 saturated carbocycles. The van der Waals surface area contributed by atoms with Gasteiger partial charge in [-0.15, -0.1) is 0 Å². The SMILES string of the molecule is CC(C)CNC(=O)[C@@H](Cc1ccccc1)N(Cc1ccccc1)C(=O)CCc1ccc(S(=O)(=O)NC2CC2)cc1. The molecule has 1 aliphatic carbocycles. The van der Waals surface area contributed by atoms with Crippen molar-refractivity contribution in [1.29, 1.82) is 0 Å². The molecule has 2 N–H and O–H groups in total. The Morgan fingerprint density at radius 3 is 2.02 bits per heavy atom. The molecule has 0 saturated heterocycles. The Morgan fingerprint density at radius 1 is 0.850 bits per heavy atom. The van der Waals surface area contributed by atoms with Crippen LogP contribution in [-0.2, 0) is 39.0 Å². The molecule has 3 aromatic carbocycles. The molecule has 0 unspecified atom stereocenters. The number of hydrogen-bond donors (Lipinski definition) is 2. The molecule has 0 heterocycles. The summed E-state index contributed by atoms with van der Waals surface area (Å²) >= 11 is 0. The molecule has 2 amide bonds. The zero-order chi connectivity index (χ0) is 28.5. The topological polar surface area (TPSA) is 95.6 Å². The monoisotopic (exact) mass is 561 g/mol. The fraction of sp³-hybridized carbons (Fsp3) is 0.375. The molecule has 8 heteroatoms. The van der Waals surface area contributed by atoms with E-state index in [4.69, 9.17) is 0 Å². The molecule has 0 spiro atoms. The largest absolute Gasteiger partial charge is 0.354 e. The van der Waals surface area contributed by atoms with Crippen LogP contribution in [0.4, 0.5) is 0 Å². The number of benzene rings is 3. The Morgan fingerprint density at radius 2 is 1.45 bits per heavy atom. The molecule has 3 aromatic rings. The lowest BCUT2D eigenvalue weighted by atomic mass is 10.0. The minimum absolute atomic E-state index is 0.0412. The number of nitrogens with zero attached hydrogens (tertiary/aromatic N) is 1. The van der Waals surface area contributed by atoms with Crippen LogP contribution in [0.25, 0.3) is 0 Å². The van der Waals surface area contributed by atoms with Gasteiger partial charge in [0.05, 0.1) is 4.90 Å². The lowest BCUT2D eigenvalue weighted by molar-refractivity contribution is -0.141. The van der Waals surface area contributed by atoms with Gasteiger partial charge in [-0.3, -0.25) is 9.59 Å². The standard InChI is InChI=1S/C32H39N3O4S/c1-24(2)22-33-32(37)30(21-26-9-5-3-6-10-26)35(23-27-11-7-4-8-12-27)31(36)20-15-25-13-18-29(19-14-25)40(38,39)34-28-16-17-28/h3-14,18-19,24,28,30,34H,15-17,20-23H2,1-2H3,(H,33,37)/t30-/m1/s1. The number of rotatable bonds is 14. The van der Waals surface area contributed by atoms with Gasteiger partial charge in [-0.05, 0) is 54.0 Å². The predicted octanol–water partition coefficient (Wildman–Crippen LogP) is 4.47. The van der Waals surface area contributed by atoms with Crippen molar-refractivity contribution < 1.29 is 18.0 Å². The number of sulfonamides is 1. The van der Waals surface area contributed by atoms with Crippen LogP contribution in [0.15, 0.2) is 89.8 Å². The number of hydrogen-bond acceptors (Lipinski definition) is 4. The highest BCUT2D eigenvalue weighted by Gasteiger charge is 2.30. The summed E-state index contributed by atoms with van der Waals surface area (Å²) in [5, 5.41) is 3.04. The second-order valence-electron chi connectivity index (χ2n) is 10.9. The third kappa shape index (κ3) is 8.76. The first-order valence-corrected chi connectivity index (χ1v) is 15.5. The molecule has 4 rings (SSSR count). The minimum atomic E-state index is -3.52. The Bertz CT molecular complexity index is 1360. The smallest absolute Gasteiger partial charge is 0.243 e. The van der Waals surface area contributed by atoms with Gasteiger partial charge in [0.15, 0.2) is 0 Å². The molecule has 7 nitrogen and oxygen atoms in total. The van der Waals surface area contributed by atoms with Crippen LogP contribution in [0.5, 0.6) is 0 Å². The third-order valence-corrected chi connectivity index (χ3v) is 8.45. The van der Waals surface area contributed by atoms with Gasteiger partial charge in [0.1, 0.15) is 6.04 Å². The Balaban J connectivity index is 1.52. The Hall–Kier alpha value is -3.49. The first-order valence-electron chi connectivity index (χ1n) is 14.0. The van der Waals surface area contributed by atoms with E-state index in [2.05, 4.69) is 10.0 Å². The number of aryl methyl sites for hydroxylation is 1. The first kappa shape index (κ1) is 29.5. The van der Waals surface area contributed by atoms with Crippen molar-refractivity contribution in [2.24, 2.45) is 5.92 Å². The summed E-state index contributed by atoms with van der Waals surface area (Å²) in [5.41, 5.74) is 2.79. The number of carbonyl (C=O) groups is 2. The molecular formula is C32H39N3O4S. The summed E-state index contributed by atoms with van der Waals surface area (Å²) < 4.78 is 27.7. The van der Waals surface area contributed by atoms with E-state index in [0.29, 0.717) is 25.9 Å². The van der Waals surface area contributed by atoms with E-state index in [0.717, 1.165) is 29.5 Å². The van der Waals surface area contributed by atoms with Crippen molar-refractivity contribution in [1.82, 2.24) is 14.9 Å². The van der Waals surface area contributed by atoms with Gasteiger partial charge in [0, 0.05) is 32.0 Å². The summed E-state index contributed by atoms with van der Waals surface area (Å²) in [7, 11) is -3.52. The molecule has 0 aromatic heterocycles. The summed E-state index contributed by atoms with van der Waals surface area (Å²) in [4.78, 5) is 29.2. The van der Waals surface area contributed by atoms with Crippen LogP contribution in [-0.4, -0.2) is 43.8 Å². The first-order chi connectivity index (χ1) is 19.2. The minimum Gasteiger partial charge on any atom is -0.354 e. The van der Waals surface area contributed by atoms with Crippen LogP contribution < -0.4 is 10.0 Å². The molecular weight excluding hydrogens is 522 g/mol. The average molecular weight is 562 g/mol. The van der Waals surface area contributed by atoms with Crippen molar-refractivity contribution in [3.05, 3.63) is 102 Å². The van der Waals surface area contributed by atoms with Gasteiger partial charge in [-0.1, -0.05) is 86.6 Å². The van der Waals surface area contributed by atoms with E-state index in [1.807, 2.05) is 74.5 Å². The second-order valence-corrected chi connectivity index (χ2v) is 12.6. The van der Waals surface area contributed by atoms with Gasteiger partial charge >= 0.3 is 0 Å². The highest BCUT2D eigenvalue weighted by atomic mass is 32.2. The van der Waals surface area contributed by atoms with Crippen LogP contribution in [0.1, 0.15) is 49.8 Å². The van der Waals surface area contributed by atoms with Crippen LogP contribution >= 0.6 is 0 Å². The van der Waals surface area contributed by atoms with E-state index in [-0.39, 0.29) is 35.1 Å². The fourth-order valence-corrected chi connectivity index (χ4v) is 5.78. The number of nitrogens with one attached hydrogen (secondary N) is 2. The maximum absolute atomic E-state index is 13.8. The molecule has 1 aliphatic rings.